The molecule has 0 N–H and O–H groups in total. The normalized spacial score (nSPS) is 19.2. The Labute approximate surface area is 132 Å². The SMILES string of the molecule is CC[C@@H]1c2ccccc2CCN1Cc1nnnn1C(C)(C)C. The molecule has 1 aromatic carbocycles. The third-order valence-corrected chi connectivity index (χ3v) is 4.42. The second-order valence-corrected chi connectivity index (χ2v) is 7.02. The molecule has 22 heavy (non-hydrogen) atoms. The van der Waals surface area contributed by atoms with Crippen LogP contribution >= 0.6 is 0 Å². The molecule has 1 aliphatic rings. The van der Waals surface area contributed by atoms with E-state index in [9.17, 15) is 0 Å². The van der Waals surface area contributed by atoms with Crippen LogP contribution in [0, 0.1) is 0 Å². The van der Waals surface area contributed by atoms with Gasteiger partial charge in [-0.3, -0.25) is 4.90 Å². The van der Waals surface area contributed by atoms with Crippen molar-refractivity contribution in [2.75, 3.05) is 6.54 Å². The summed E-state index contributed by atoms with van der Waals surface area (Å²) >= 11 is 0. The van der Waals surface area contributed by atoms with Gasteiger partial charge in [0, 0.05) is 12.6 Å². The van der Waals surface area contributed by atoms with Gasteiger partial charge in [0.2, 0.25) is 0 Å². The molecule has 2 aromatic rings. The van der Waals surface area contributed by atoms with Gasteiger partial charge in [-0.2, -0.15) is 0 Å². The van der Waals surface area contributed by atoms with Crippen LogP contribution in [0.4, 0.5) is 0 Å². The zero-order valence-corrected chi connectivity index (χ0v) is 14.0. The van der Waals surface area contributed by atoms with E-state index >= 15 is 0 Å². The number of tetrazole rings is 1. The number of fused-ring (bicyclic) bond motifs is 1. The quantitative estimate of drug-likeness (QED) is 0.874. The highest BCUT2D eigenvalue weighted by molar-refractivity contribution is 5.32. The zero-order chi connectivity index (χ0) is 15.7. The molecule has 2 heterocycles. The maximum absolute atomic E-state index is 4.26. The molecule has 0 radical (unpaired) electrons. The molecular formula is C17H25N5. The highest BCUT2D eigenvalue weighted by atomic mass is 15.6. The molecule has 1 atom stereocenters. The maximum Gasteiger partial charge on any atom is 0.165 e. The van der Waals surface area contributed by atoms with Crippen molar-refractivity contribution in [2.24, 2.45) is 0 Å². The summed E-state index contributed by atoms with van der Waals surface area (Å²) in [7, 11) is 0. The van der Waals surface area contributed by atoms with E-state index in [4.69, 9.17) is 0 Å². The van der Waals surface area contributed by atoms with Crippen LogP contribution in [-0.2, 0) is 18.5 Å². The van der Waals surface area contributed by atoms with Gasteiger partial charge in [-0.15, -0.1) is 5.10 Å². The van der Waals surface area contributed by atoms with Crippen molar-refractivity contribution < 1.29 is 0 Å². The summed E-state index contributed by atoms with van der Waals surface area (Å²) in [5, 5.41) is 12.3. The Bertz CT molecular complexity index is 640. The van der Waals surface area contributed by atoms with Crippen molar-refractivity contribution in [3.05, 3.63) is 41.2 Å². The first kappa shape index (κ1) is 15.2. The number of aromatic nitrogens is 4. The van der Waals surface area contributed by atoms with E-state index in [-0.39, 0.29) is 5.54 Å². The van der Waals surface area contributed by atoms with Gasteiger partial charge in [0.05, 0.1) is 12.1 Å². The van der Waals surface area contributed by atoms with Gasteiger partial charge in [0.25, 0.3) is 0 Å². The Hall–Kier alpha value is -1.75. The van der Waals surface area contributed by atoms with Gasteiger partial charge in [0.15, 0.2) is 5.82 Å². The van der Waals surface area contributed by atoms with Crippen LogP contribution in [0.15, 0.2) is 24.3 Å². The Morgan fingerprint density at radius 3 is 2.73 bits per heavy atom. The largest absolute Gasteiger partial charge is 0.289 e. The first-order valence-electron chi connectivity index (χ1n) is 8.10. The number of hydrogen-bond acceptors (Lipinski definition) is 4. The monoisotopic (exact) mass is 299 g/mol. The van der Waals surface area contributed by atoms with Crippen molar-refractivity contribution in [1.82, 2.24) is 25.1 Å². The van der Waals surface area contributed by atoms with E-state index in [0.29, 0.717) is 6.04 Å². The first-order valence-corrected chi connectivity index (χ1v) is 8.10. The number of rotatable bonds is 3. The fourth-order valence-electron chi connectivity index (χ4n) is 3.38. The molecule has 118 valence electrons. The third-order valence-electron chi connectivity index (χ3n) is 4.42. The van der Waals surface area contributed by atoms with Crippen molar-refractivity contribution in [1.29, 1.82) is 0 Å². The molecule has 0 bridgehead atoms. The zero-order valence-electron chi connectivity index (χ0n) is 14.0. The minimum atomic E-state index is -0.0890. The molecule has 5 nitrogen and oxygen atoms in total. The summed E-state index contributed by atoms with van der Waals surface area (Å²) < 4.78 is 1.94. The van der Waals surface area contributed by atoms with Crippen LogP contribution in [0.25, 0.3) is 0 Å². The fourth-order valence-corrected chi connectivity index (χ4v) is 3.38. The van der Waals surface area contributed by atoms with Crippen LogP contribution < -0.4 is 0 Å². The smallest absolute Gasteiger partial charge is 0.165 e. The third kappa shape index (κ3) is 2.77. The van der Waals surface area contributed by atoms with Crippen molar-refractivity contribution >= 4 is 0 Å². The first-order chi connectivity index (χ1) is 10.5. The van der Waals surface area contributed by atoms with E-state index in [1.165, 1.54) is 11.1 Å². The van der Waals surface area contributed by atoms with E-state index in [2.05, 4.69) is 72.4 Å². The lowest BCUT2D eigenvalue weighted by molar-refractivity contribution is 0.159. The van der Waals surface area contributed by atoms with Crippen LogP contribution in [0.2, 0.25) is 0 Å². The summed E-state index contributed by atoms with van der Waals surface area (Å²) in [6.45, 7) is 10.5. The molecule has 0 saturated heterocycles. The summed E-state index contributed by atoms with van der Waals surface area (Å²) in [4.78, 5) is 2.51. The molecule has 0 fully saturated rings. The van der Waals surface area contributed by atoms with Crippen LogP contribution in [0.1, 0.15) is 57.1 Å². The van der Waals surface area contributed by atoms with Crippen LogP contribution in [-0.4, -0.2) is 31.7 Å². The maximum atomic E-state index is 4.26. The van der Waals surface area contributed by atoms with E-state index < -0.39 is 0 Å². The Kier molecular flexibility index (Phi) is 4.00. The van der Waals surface area contributed by atoms with E-state index in [0.717, 1.165) is 31.8 Å². The van der Waals surface area contributed by atoms with Crippen molar-refractivity contribution in [2.45, 2.75) is 58.7 Å². The van der Waals surface area contributed by atoms with Gasteiger partial charge in [-0.25, -0.2) is 4.68 Å². The lowest BCUT2D eigenvalue weighted by Crippen LogP contribution is -2.37. The summed E-state index contributed by atoms with van der Waals surface area (Å²) in [5.41, 5.74) is 2.86. The van der Waals surface area contributed by atoms with Gasteiger partial charge < -0.3 is 0 Å². The number of hydrogen-bond donors (Lipinski definition) is 0. The van der Waals surface area contributed by atoms with Crippen molar-refractivity contribution in [3.8, 4) is 0 Å². The molecule has 3 rings (SSSR count). The van der Waals surface area contributed by atoms with Gasteiger partial charge in [0.1, 0.15) is 0 Å². The molecule has 1 aliphatic heterocycles. The topological polar surface area (TPSA) is 46.8 Å². The average molecular weight is 299 g/mol. The summed E-state index contributed by atoms with van der Waals surface area (Å²) in [6.07, 6.45) is 2.21. The minimum Gasteiger partial charge on any atom is -0.289 e. The fraction of sp³-hybridized carbons (Fsp3) is 0.588. The predicted octanol–water partition coefficient (Wildman–Crippen LogP) is 2.94. The number of benzene rings is 1. The molecule has 0 aliphatic carbocycles. The lowest BCUT2D eigenvalue weighted by Gasteiger charge is -2.37. The van der Waals surface area contributed by atoms with Crippen LogP contribution in [0.5, 0.6) is 0 Å². The average Bonchev–Trinajstić information content (AvgIpc) is 2.95. The summed E-state index contributed by atoms with van der Waals surface area (Å²) in [5.74, 6) is 0.949. The minimum absolute atomic E-state index is 0.0890. The standard InChI is InChI=1S/C17H25N5/c1-5-15-14-9-7-6-8-13(14)10-11-21(15)12-16-18-19-20-22(16)17(2,3)4/h6-9,15H,5,10-12H2,1-4H3/t15-/m1/s1. The molecule has 1 aromatic heterocycles. The van der Waals surface area contributed by atoms with E-state index in [1.54, 1.807) is 0 Å². The second kappa shape index (κ2) is 5.80. The highest BCUT2D eigenvalue weighted by Gasteiger charge is 2.28. The van der Waals surface area contributed by atoms with Gasteiger partial charge >= 0.3 is 0 Å². The van der Waals surface area contributed by atoms with Crippen LogP contribution in [0.3, 0.4) is 0 Å². The van der Waals surface area contributed by atoms with E-state index in [1.807, 2.05) is 4.68 Å². The second-order valence-electron chi connectivity index (χ2n) is 7.02. The summed E-state index contributed by atoms with van der Waals surface area (Å²) in [6, 6.07) is 9.26. The van der Waals surface area contributed by atoms with Crippen molar-refractivity contribution in [3.63, 3.8) is 0 Å². The molecule has 0 amide bonds. The Morgan fingerprint density at radius 1 is 1.23 bits per heavy atom. The molecular weight excluding hydrogens is 274 g/mol. The molecule has 0 saturated carbocycles. The predicted molar refractivity (Wildman–Crippen MR) is 86.4 cm³/mol. The molecule has 5 heteroatoms. The van der Waals surface area contributed by atoms with Gasteiger partial charge in [-0.05, 0) is 55.2 Å². The molecule has 0 unspecified atom stereocenters. The highest BCUT2D eigenvalue weighted by Crippen LogP contribution is 2.33. The molecule has 0 spiro atoms. The number of nitrogens with zero attached hydrogens (tertiary/aromatic N) is 5. The Morgan fingerprint density at radius 2 is 2.00 bits per heavy atom. The van der Waals surface area contributed by atoms with Gasteiger partial charge in [-0.1, -0.05) is 31.2 Å². The lowest BCUT2D eigenvalue weighted by atomic mass is 9.91. The Balaban J connectivity index is 1.86.